The molecule has 0 spiro atoms. The highest BCUT2D eigenvalue weighted by Gasteiger charge is 2.24. The van der Waals surface area contributed by atoms with Gasteiger partial charge in [0.25, 0.3) is 5.56 Å². The number of ether oxygens (including phenoxy) is 1. The Bertz CT molecular complexity index is 1100. The molecule has 1 N–H and O–H groups in total. The Balaban J connectivity index is 2.11. The average molecular weight is 378 g/mol. The molecule has 0 saturated carbocycles. The molecule has 0 aliphatic carbocycles. The second-order valence-corrected chi connectivity index (χ2v) is 7.10. The van der Waals surface area contributed by atoms with Crippen LogP contribution in [0.3, 0.4) is 0 Å². The van der Waals surface area contributed by atoms with E-state index in [9.17, 15) is 9.59 Å². The van der Waals surface area contributed by atoms with Gasteiger partial charge in [0, 0.05) is 17.1 Å². The van der Waals surface area contributed by atoms with Crippen molar-refractivity contribution in [3.63, 3.8) is 0 Å². The van der Waals surface area contributed by atoms with Gasteiger partial charge >= 0.3 is 0 Å². The maximum Gasteiger partial charge on any atom is 0.252 e. The standard InChI is InChI=1S/C23H26N2O3/c1-6-19(23(27)24-17-11-10-14(2)15(3)12-17)25-21(26)13-16(4)18-8-7-9-20(28-5)22(18)25/h7-13,19H,6H2,1-5H3,(H,24,27). The molecule has 1 atom stereocenters. The molecule has 3 rings (SSSR count). The average Bonchev–Trinajstić information content (AvgIpc) is 2.67. The van der Waals surface area contributed by atoms with Gasteiger partial charge in [0.2, 0.25) is 5.91 Å². The van der Waals surface area contributed by atoms with Gasteiger partial charge in [-0.15, -0.1) is 0 Å². The van der Waals surface area contributed by atoms with Crippen molar-refractivity contribution in [1.82, 2.24) is 4.57 Å². The lowest BCUT2D eigenvalue weighted by molar-refractivity contribution is -0.119. The highest BCUT2D eigenvalue weighted by atomic mass is 16.5. The molecular formula is C23H26N2O3. The smallest absolute Gasteiger partial charge is 0.252 e. The molecule has 0 saturated heterocycles. The number of methoxy groups -OCH3 is 1. The summed E-state index contributed by atoms with van der Waals surface area (Å²) in [6.07, 6.45) is 0.479. The van der Waals surface area contributed by atoms with E-state index >= 15 is 0 Å². The number of hydrogen-bond acceptors (Lipinski definition) is 3. The van der Waals surface area contributed by atoms with E-state index in [4.69, 9.17) is 4.74 Å². The summed E-state index contributed by atoms with van der Waals surface area (Å²) in [6.45, 7) is 7.83. The van der Waals surface area contributed by atoms with Crippen molar-refractivity contribution in [2.45, 2.75) is 40.2 Å². The Labute approximate surface area is 165 Å². The highest BCUT2D eigenvalue weighted by molar-refractivity contribution is 5.96. The summed E-state index contributed by atoms with van der Waals surface area (Å²) >= 11 is 0. The minimum atomic E-state index is -0.645. The summed E-state index contributed by atoms with van der Waals surface area (Å²) in [4.78, 5) is 26.0. The van der Waals surface area contributed by atoms with Crippen LogP contribution in [0.15, 0.2) is 47.3 Å². The van der Waals surface area contributed by atoms with Gasteiger partial charge in [0.05, 0.1) is 12.6 Å². The molecule has 0 aliphatic heterocycles. The Morgan fingerprint density at radius 2 is 1.82 bits per heavy atom. The van der Waals surface area contributed by atoms with Gasteiger partial charge in [-0.3, -0.25) is 14.2 Å². The predicted molar refractivity (Wildman–Crippen MR) is 113 cm³/mol. The third-order valence-corrected chi connectivity index (χ3v) is 5.24. The molecule has 146 valence electrons. The number of hydrogen-bond donors (Lipinski definition) is 1. The number of nitrogens with one attached hydrogen (secondary N) is 1. The number of aromatic nitrogens is 1. The number of fused-ring (bicyclic) bond motifs is 1. The van der Waals surface area contributed by atoms with E-state index in [1.807, 2.05) is 64.1 Å². The van der Waals surface area contributed by atoms with Crippen LogP contribution in [0.2, 0.25) is 0 Å². The number of carbonyl (C=O) groups is 1. The molecule has 0 fully saturated rings. The zero-order valence-corrected chi connectivity index (χ0v) is 17.0. The van der Waals surface area contributed by atoms with E-state index in [-0.39, 0.29) is 11.5 Å². The molecule has 0 aliphatic rings. The Hall–Kier alpha value is -3.08. The van der Waals surface area contributed by atoms with Crippen molar-refractivity contribution < 1.29 is 9.53 Å². The van der Waals surface area contributed by atoms with Gasteiger partial charge in [-0.25, -0.2) is 0 Å². The van der Waals surface area contributed by atoms with Gasteiger partial charge in [-0.2, -0.15) is 0 Å². The van der Waals surface area contributed by atoms with Crippen molar-refractivity contribution in [3.8, 4) is 5.75 Å². The molecule has 3 aromatic rings. The Morgan fingerprint density at radius 3 is 2.46 bits per heavy atom. The second kappa shape index (κ2) is 7.89. The van der Waals surface area contributed by atoms with Crippen LogP contribution >= 0.6 is 0 Å². The number of amides is 1. The second-order valence-electron chi connectivity index (χ2n) is 7.10. The normalized spacial score (nSPS) is 12.0. The first-order valence-corrected chi connectivity index (χ1v) is 9.44. The van der Waals surface area contributed by atoms with E-state index in [1.54, 1.807) is 17.7 Å². The Kier molecular flexibility index (Phi) is 5.54. The van der Waals surface area contributed by atoms with Crippen LogP contribution in [0.5, 0.6) is 5.75 Å². The van der Waals surface area contributed by atoms with Crippen LogP contribution in [-0.4, -0.2) is 17.6 Å². The summed E-state index contributed by atoms with van der Waals surface area (Å²) in [5.41, 5.74) is 4.29. The first-order valence-electron chi connectivity index (χ1n) is 9.44. The van der Waals surface area contributed by atoms with E-state index in [1.165, 1.54) is 0 Å². The van der Waals surface area contributed by atoms with Crippen LogP contribution in [-0.2, 0) is 4.79 Å². The number of benzene rings is 2. The number of carbonyl (C=O) groups excluding carboxylic acids is 1. The van der Waals surface area contributed by atoms with E-state index in [0.29, 0.717) is 17.7 Å². The first kappa shape index (κ1) is 19.7. The third-order valence-electron chi connectivity index (χ3n) is 5.24. The van der Waals surface area contributed by atoms with E-state index in [2.05, 4.69) is 5.32 Å². The summed E-state index contributed by atoms with van der Waals surface area (Å²) in [5, 5.41) is 3.86. The molecule has 5 nitrogen and oxygen atoms in total. The number of para-hydroxylation sites is 1. The summed E-state index contributed by atoms with van der Waals surface area (Å²) in [7, 11) is 1.57. The van der Waals surface area contributed by atoms with Gasteiger partial charge < -0.3 is 10.1 Å². The van der Waals surface area contributed by atoms with Crippen molar-refractivity contribution in [2.24, 2.45) is 0 Å². The van der Waals surface area contributed by atoms with Gasteiger partial charge in [0.1, 0.15) is 11.8 Å². The first-order chi connectivity index (χ1) is 13.4. The molecular weight excluding hydrogens is 352 g/mol. The fraction of sp³-hybridized carbons (Fsp3) is 0.304. The monoisotopic (exact) mass is 378 g/mol. The van der Waals surface area contributed by atoms with Crippen LogP contribution in [0.4, 0.5) is 5.69 Å². The molecule has 1 unspecified atom stereocenters. The van der Waals surface area contributed by atoms with Crippen LogP contribution in [0.1, 0.15) is 36.1 Å². The lowest BCUT2D eigenvalue weighted by Crippen LogP contribution is -2.33. The maximum absolute atomic E-state index is 13.1. The molecule has 1 amide bonds. The molecule has 0 radical (unpaired) electrons. The maximum atomic E-state index is 13.1. The van der Waals surface area contributed by atoms with Crippen molar-refractivity contribution in [1.29, 1.82) is 0 Å². The quantitative estimate of drug-likeness (QED) is 0.710. The highest BCUT2D eigenvalue weighted by Crippen LogP contribution is 2.29. The van der Waals surface area contributed by atoms with Crippen molar-refractivity contribution in [2.75, 3.05) is 12.4 Å². The fourth-order valence-electron chi connectivity index (χ4n) is 3.54. The van der Waals surface area contributed by atoms with Crippen molar-refractivity contribution in [3.05, 3.63) is 69.5 Å². The summed E-state index contributed by atoms with van der Waals surface area (Å²) < 4.78 is 7.06. The number of pyridine rings is 1. The number of aryl methyl sites for hydroxylation is 3. The fourth-order valence-corrected chi connectivity index (χ4v) is 3.54. The molecule has 1 aromatic heterocycles. The predicted octanol–water partition coefficient (Wildman–Crippen LogP) is 4.53. The lowest BCUT2D eigenvalue weighted by Gasteiger charge is -2.22. The number of nitrogens with zero attached hydrogens (tertiary/aromatic N) is 1. The van der Waals surface area contributed by atoms with Crippen molar-refractivity contribution >= 4 is 22.5 Å². The largest absolute Gasteiger partial charge is 0.495 e. The zero-order valence-electron chi connectivity index (χ0n) is 17.0. The van der Waals surface area contributed by atoms with Crippen LogP contribution < -0.4 is 15.6 Å². The molecule has 28 heavy (non-hydrogen) atoms. The summed E-state index contributed by atoms with van der Waals surface area (Å²) in [5.74, 6) is 0.361. The molecule has 2 aromatic carbocycles. The minimum Gasteiger partial charge on any atom is -0.495 e. The van der Waals surface area contributed by atoms with Crippen LogP contribution in [0.25, 0.3) is 10.9 Å². The minimum absolute atomic E-state index is 0.211. The van der Waals surface area contributed by atoms with E-state index in [0.717, 1.165) is 27.8 Å². The number of rotatable bonds is 5. The third kappa shape index (κ3) is 3.52. The molecule has 5 heteroatoms. The van der Waals surface area contributed by atoms with Gasteiger partial charge in [0.15, 0.2) is 0 Å². The van der Waals surface area contributed by atoms with Crippen LogP contribution in [0, 0.1) is 20.8 Å². The lowest BCUT2D eigenvalue weighted by atomic mass is 10.1. The molecule has 1 heterocycles. The van der Waals surface area contributed by atoms with Gasteiger partial charge in [-0.05, 0) is 62.1 Å². The molecule has 0 bridgehead atoms. The SMILES string of the molecule is CCC(C(=O)Nc1ccc(C)c(C)c1)n1c(=O)cc(C)c2cccc(OC)c21. The zero-order chi connectivity index (χ0) is 20.4. The Morgan fingerprint density at radius 1 is 1.07 bits per heavy atom. The number of anilines is 1. The van der Waals surface area contributed by atoms with Gasteiger partial charge in [-0.1, -0.05) is 25.1 Å². The summed E-state index contributed by atoms with van der Waals surface area (Å²) in [6, 6.07) is 12.4. The van der Waals surface area contributed by atoms with E-state index < -0.39 is 6.04 Å². The topological polar surface area (TPSA) is 60.3 Å².